The zero-order valence-electron chi connectivity index (χ0n) is 10.8. The summed E-state index contributed by atoms with van der Waals surface area (Å²) in [5.74, 6) is 0.614. The second-order valence-corrected chi connectivity index (χ2v) is 6.19. The maximum absolute atomic E-state index is 6.03. The molecule has 2 unspecified atom stereocenters. The molecule has 0 aromatic carbocycles. The number of halogens is 1. The van der Waals surface area contributed by atoms with Gasteiger partial charge in [0, 0.05) is 30.6 Å². The summed E-state index contributed by atoms with van der Waals surface area (Å²) in [5.41, 5.74) is 7.23. The van der Waals surface area contributed by atoms with Crippen molar-refractivity contribution < 1.29 is 0 Å². The number of piperidine rings is 1. The molecule has 0 spiro atoms. The Hall–Kier alpha value is -0.160. The largest absolute Gasteiger partial charge is 0.327 e. The van der Waals surface area contributed by atoms with E-state index in [0.717, 1.165) is 26.1 Å². The second-order valence-electron chi connectivity index (χ2n) is 4.91. The van der Waals surface area contributed by atoms with Crippen molar-refractivity contribution >= 4 is 23.7 Å². The normalized spacial score (nSPS) is 25.6. The number of hydrogen-bond donors (Lipinski definition) is 1. The Morgan fingerprint density at radius 3 is 2.71 bits per heavy atom. The van der Waals surface area contributed by atoms with Crippen molar-refractivity contribution in [3.63, 3.8) is 0 Å². The lowest BCUT2D eigenvalue weighted by molar-refractivity contribution is 0.158. The summed E-state index contributed by atoms with van der Waals surface area (Å²) in [5, 5.41) is 1.18. The predicted molar refractivity (Wildman–Crippen MR) is 75.9 cm³/mol. The third-order valence-electron chi connectivity index (χ3n) is 3.42. The monoisotopic (exact) mass is 275 g/mol. The van der Waals surface area contributed by atoms with Gasteiger partial charge in [-0.1, -0.05) is 6.92 Å². The Balaban J connectivity index is 0.00000144. The molecule has 2 N–H and O–H groups in total. The summed E-state index contributed by atoms with van der Waals surface area (Å²) < 4.78 is 0. The second kappa shape index (κ2) is 6.14. The summed E-state index contributed by atoms with van der Waals surface area (Å²) in [4.78, 5) is 8.40. The number of hydrogen-bond acceptors (Lipinski definition) is 4. The molecule has 98 valence electrons. The molecule has 0 aliphatic carbocycles. The molecular weight excluding hydrogens is 254 g/mol. The molecular formula is C12H22ClN3S. The predicted octanol–water partition coefficient (Wildman–Crippen LogP) is 2.35. The lowest BCUT2D eigenvalue weighted by Gasteiger charge is -2.34. The van der Waals surface area contributed by atoms with Crippen LogP contribution in [0.15, 0.2) is 0 Å². The van der Waals surface area contributed by atoms with Crippen molar-refractivity contribution in [2.24, 2.45) is 11.7 Å². The van der Waals surface area contributed by atoms with Crippen molar-refractivity contribution in [2.45, 2.75) is 39.8 Å². The first-order valence-electron chi connectivity index (χ1n) is 5.97. The van der Waals surface area contributed by atoms with Gasteiger partial charge in [0.05, 0.1) is 10.7 Å². The molecule has 1 aliphatic heterocycles. The van der Waals surface area contributed by atoms with E-state index in [2.05, 4.69) is 30.7 Å². The van der Waals surface area contributed by atoms with Gasteiger partial charge < -0.3 is 5.73 Å². The summed E-state index contributed by atoms with van der Waals surface area (Å²) >= 11 is 1.83. The van der Waals surface area contributed by atoms with Gasteiger partial charge in [-0.3, -0.25) is 4.90 Å². The molecule has 0 amide bonds. The number of nitrogens with zero attached hydrogens (tertiary/aromatic N) is 2. The van der Waals surface area contributed by atoms with Crippen molar-refractivity contribution in [2.75, 3.05) is 13.1 Å². The van der Waals surface area contributed by atoms with Crippen LogP contribution >= 0.6 is 23.7 Å². The maximum atomic E-state index is 6.03. The summed E-state index contributed by atoms with van der Waals surface area (Å²) in [6.07, 6.45) is 1.12. The van der Waals surface area contributed by atoms with E-state index in [1.807, 2.05) is 11.3 Å². The average molecular weight is 276 g/mol. The van der Waals surface area contributed by atoms with Crippen LogP contribution in [0.3, 0.4) is 0 Å². The van der Waals surface area contributed by atoms with E-state index < -0.39 is 0 Å². The fourth-order valence-electron chi connectivity index (χ4n) is 2.32. The SMILES string of the molecule is Cc1nc(C)c(CN2CCC(N)C(C)C2)s1.Cl. The van der Waals surface area contributed by atoms with E-state index >= 15 is 0 Å². The molecule has 17 heavy (non-hydrogen) atoms. The number of rotatable bonds is 2. The number of likely N-dealkylation sites (tertiary alicyclic amines) is 1. The molecule has 2 heterocycles. The van der Waals surface area contributed by atoms with E-state index in [1.54, 1.807) is 0 Å². The molecule has 5 heteroatoms. The molecule has 0 bridgehead atoms. The fraction of sp³-hybridized carbons (Fsp3) is 0.750. The highest BCUT2D eigenvalue weighted by Crippen LogP contribution is 2.22. The lowest BCUT2D eigenvalue weighted by atomic mass is 9.95. The number of aromatic nitrogens is 1. The standard InChI is InChI=1S/C12H21N3S.ClH/c1-8-6-15(5-4-11(8)13)7-12-9(2)14-10(3)16-12;/h8,11H,4-7,13H2,1-3H3;1H. The van der Waals surface area contributed by atoms with Crippen LogP contribution in [0.2, 0.25) is 0 Å². The minimum absolute atomic E-state index is 0. The number of nitrogens with two attached hydrogens (primary N) is 1. The van der Waals surface area contributed by atoms with E-state index in [-0.39, 0.29) is 12.4 Å². The Bertz CT molecular complexity index is 367. The molecule has 1 aromatic rings. The Morgan fingerprint density at radius 2 is 2.18 bits per heavy atom. The van der Waals surface area contributed by atoms with E-state index in [0.29, 0.717) is 12.0 Å². The molecule has 2 atom stereocenters. The highest BCUT2D eigenvalue weighted by atomic mass is 35.5. The lowest BCUT2D eigenvalue weighted by Crippen LogP contribution is -2.45. The van der Waals surface area contributed by atoms with Crippen LogP contribution in [-0.2, 0) is 6.54 Å². The summed E-state index contributed by atoms with van der Waals surface area (Å²) in [6.45, 7) is 9.74. The number of aryl methyl sites for hydroxylation is 2. The Morgan fingerprint density at radius 1 is 1.47 bits per heavy atom. The van der Waals surface area contributed by atoms with Crippen LogP contribution in [0, 0.1) is 19.8 Å². The molecule has 1 aliphatic rings. The van der Waals surface area contributed by atoms with Gasteiger partial charge in [0.1, 0.15) is 0 Å². The molecule has 2 rings (SSSR count). The molecule has 1 aromatic heterocycles. The van der Waals surface area contributed by atoms with Gasteiger partial charge in [0.25, 0.3) is 0 Å². The molecule has 1 saturated heterocycles. The van der Waals surface area contributed by atoms with Gasteiger partial charge in [0.2, 0.25) is 0 Å². The maximum Gasteiger partial charge on any atom is 0.0900 e. The van der Waals surface area contributed by atoms with Crippen molar-refractivity contribution in [1.82, 2.24) is 9.88 Å². The zero-order valence-corrected chi connectivity index (χ0v) is 12.4. The minimum atomic E-state index is 0. The van der Waals surface area contributed by atoms with Crippen LogP contribution in [-0.4, -0.2) is 29.0 Å². The van der Waals surface area contributed by atoms with Gasteiger partial charge in [-0.25, -0.2) is 4.98 Å². The fourth-order valence-corrected chi connectivity index (χ4v) is 3.30. The van der Waals surface area contributed by atoms with Gasteiger partial charge >= 0.3 is 0 Å². The van der Waals surface area contributed by atoms with E-state index in [4.69, 9.17) is 5.73 Å². The van der Waals surface area contributed by atoms with Gasteiger partial charge in [-0.2, -0.15) is 0 Å². The first-order valence-corrected chi connectivity index (χ1v) is 6.78. The third kappa shape index (κ3) is 3.65. The van der Waals surface area contributed by atoms with Crippen LogP contribution in [0.25, 0.3) is 0 Å². The van der Waals surface area contributed by atoms with E-state index in [9.17, 15) is 0 Å². The molecule has 1 fully saturated rings. The van der Waals surface area contributed by atoms with Gasteiger partial charge in [0.15, 0.2) is 0 Å². The van der Waals surface area contributed by atoms with Gasteiger partial charge in [-0.05, 0) is 26.2 Å². The zero-order chi connectivity index (χ0) is 11.7. The van der Waals surface area contributed by atoms with Crippen molar-refractivity contribution in [3.05, 3.63) is 15.6 Å². The average Bonchev–Trinajstić information content (AvgIpc) is 2.51. The third-order valence-corrected chi connectivity index (χ3v) is 4.48. The highest BCUT2D eigenvalue weighted by Gasteiger charge is 2.23. The molecule has 0 saturated carbocycles. The summed E-state index contributed by atoms with van der Waals surface area (Å²) in [6, 6.07) is 0.389. The summed E-state index contributed by atoms with van der Waals surface area (Å²) in [7, 11) is 0. The smallest absolute Gasteiger partial charge is 0.0900 e. The van der Waals surface area contributed by atoms with Crippen molar-refractivity contribution in [3.8, 4) is 0 Å². The van der Waals surface area contributed by atoms with Crippen molar-refractivity contribution in [1.29, 1.82) is 0 Å². The molecule has 3 nitrogen and oxygen atoms in total. The first kappa shape index (κ1) is 14.9. The van der Waals surface area contributed by atoms with Gasteiger partial charge in [-0.15, -0.1) is 23.7 Å². The van der Waals surface area contributed by atoms with E-state index in [1.165, 1.54) is 15.6 Å². The quantitative estimate of drug-likeness (QED) is 0.901. The minimum Gasteiger partial charge on any atom is -0.327 e. The van der Waals surface area contributed by atoms with Crippen LogP contribution in [0.1, 0.15) is 28.9 Å². The first-order chi connectivity index (χ1) is 7.56. The van der Waals surface area contributed by atoms with Crippen LogP contribution in [0.4, 0.5) is 0 Å². The van der Waals surface area contributed by atoms with Crippen LogP contribution < -0.4 is 5.73 Å². The topological polar surface area (TPSA) is 42.2 Å². The molecule has 0 radical (unpaired) electrons. The van der Waals surface area contributed by atoms with Crippen LogP contribution in [0.5, 0.6) is 0 Å². The highest BCUT2D eigenvalue weighted by molar-refractivity contribution is 7.11. The number of thiazole rings is 1. The Labute approximate surface area is 114 Å². The Kier molecular flexibility index (Phi) is 5.38.